The minimum absolute atomic E-state index is 0.000991. The van der Waals surface area contributed by atoms with Gasteiger partial charge in [-0.15, -0.1) is 0 Å². The van der Waals surface area contributed by atoms with Gasteiger partial charge in [0, 0.05) is 0 Å². The second kappa shape index (κ2) is 5.98. The van der Waals surface area contributed by atoms with Crippen LogP contribution in [0, 0.1) is 11.7 Å². The molecule has 5 heteroatoms. The molecule has 0 saturated heterocycles. The van der Waals surface area contributed by atoms with E-state index in [1.165, 1.54) is 6.07 Å². The lowest BCUT2D eigenvalue weighted by molar-refractivity contribution is -0.154. The van der Waals surface area contributed by atoms with Crippen molar-refractivity contribution in [3.63, 3.8) is 0 Å². The summed E-state index contributed by atoms with van der Waals surface area (Å²) in [4.78, 5) is 21.2. The lowest BCUT2D eigenvalue weighted by atomic mass is 9.99. The van der Waals surface area contributed by atoms with Gasteiger partial charge in [0.1, 0.15) is 5.82 Å². The van der Waals surface area contributed by atoms with Gasteiger partial charge in [0.2, 0.25) is 0 Å². The highest BCUT2D eigenvalue weighted by atomic mass is 19.1. The van der Waals surface area contributed by atoms with Gasteiger partial charge in [-0.3, -0.25) is 9.59 Å². The molecule has 1 rings (SSSR count). The molecule has 92 valence electrons. The van der Waals surface area contributed by atoms with Crippen LogP contribution in [0.5, 0.6) is 0 Å². The molecular formula is C12H13FO4. The lowest BCUT2D eigenvalue weighted by Crippen LogP contribution is -2.23. The molecule has 0 atom stereocenters. The Balaban J connectivity index is 2.50. The van der Waals surface area contributed by atoms with Gasteiger partial charge in [0.05, 0.1) is 0 Å². The maximum absolute atomic E-state index is 13.2. The van der Waals surface area contributed by atoms with E-state index >= 15 is 0 Å². The molecule has 1 aromatic rings. The zero-order valence-corrected chi connectivity index (χ0v) is 9.10. The van der Waals surface area contributed by atoms with Crippen LogP contribution in [0.1, 0.15) is 18.4 Å². The van der Waals surface area contributed by atoms with E-state index in [9.17, 15) is 14.0 Å². The van der Waals surface area contributed by atoms with E-state index in [2.05, 4.69) is 0 Å². The summed E-state index contributed by atoms with van der Waals surface area (Å²) in [5.74, 6) is -4.48. The van der Waals surface area contributed by atoms with Gasteiger partial charge < -0.3 is 10.2 Å². The van der Waals surface area contributed by atoms with E-state index in [-0.39, 0.29) is 12.2 Å². The molecule has 0 amide bonds. The van der Waals surface area contributed by atoms with E-state index < -0.39 is 17.9 Å². The van der Waals surface area contributed by atoms with Crippen molar-refractivity contribution in [2.24, 2.45) is 5.92 Å². The topological polar surface area (TPSA) is 74.6 Å². The Hall–Kier alpha value is -1.91. The minimum atomic E-state index is -1.42. The van der Waals surface area contributed by atoms with E-state index in [4.69, 9.17) is 10.2 Å². The Morgan fingerprint density at radius 3 is 2.29 bits per heavy atom. The van der Waals surface area contributed by atoms with Crippen LogP contribution in [0.15, 0.2) is 24.3 Å². The fraction of sp³-hybridized carbons (Fsp3) is 0.333. The number of aryl methyl sites for hydroxylation is 1. The van der Waals surface area contributed by atoms with E-state index in [1.54, 1.807) is 18.2 Å². The summed E-state index contributed by atoms with van der Waals surface area (Å²) < 4.78 is 13.2. The van der Waals surface area contributed by atoms with Crippen LogP contribution >= 0.6 is 0 Å². The zero-order chi connectivity index (χ0) is 12.8. The maximum atomic E-state index is 13.2. The van der Waals surface area contributed by atoms with Crippen molar-refractivity contribution in [2.75, 3.05) is 0 Å². The molecule has 0 aliphatic carbocycles. The monoisotopic (exact) mass is 240 g/mol. The second-order valence-corrected chi connectivity index (χ2v) is 3.71. The zero-order valence-electron chi connectivity index (χ0n) is 9.10. The summed E-state index contributed by atoms with van der Waals surface area (Å²) in [6.45, 7) is 0. The number of aliphatic carboxylic acids is 2. The molecule has 0 spiro atoms. The lowest BCUT2D eigenvalue weighted by Gasteiger charge is -2.07. The summed E-state index contributed by atoms with van der Waals surface area (Å²) in [6.07, 6.45) is 0.660. The van der Waals surface area contributed by atoms with Gasteiger partial charge in [-0.1, -0.05) is 18.2 Å². The molecule has 0 aliphatic rings. The Morgan fingerprint density at radius 1 is 1.18 bits per heavy atom. The van der Waals surface area contributed by atoms with Gasteiger partial charge in [0.15, 0.2) is 5.92 Å². The largest absolute Gasteiger partial charge is 0.481 e. The molecular weight excluding hydrogens is 227 g/mol. The number of carbonyl (C=O) groups is 2. The fourth-order valence-corrected chi connectivity index (χ4v) is 1.55. The van der Waals surface area contributed by atoms with Crippen molar-refractivity contribution < 1.29 is 24.2 Å². The fourth-order valence-electron chi connectivity index (χ4n) is 1.55. The first-order chi connectivity index (χ1) is 8.02. The average molecular weight is 240 g/mol. The number of rotatable bonds is 6. The number of benzene rings is 1. The van der Waals surface area contributed by atoms with E-state index in [0.29, 0.717) is 18.4 Å². The molecule has 4 nitrogen and oxygen atoms in total. The first-order valence-electron chi connectivity index (χ1n) is 5.21. The number of carboxylic acids is 2. The van der Waals surface area contributed by atoms with Crippen molar-refractivity contribution >= 4 is 11.9 Å². The van der Waals surface area contributed by atoms with Gasteiger partial charge in [-0.25, -0.2) is 4.39 Å². The third-order valence-electron chi connectivity index (χ3n) is 2.49. The minimum Gasteiger partial charge on any atom is -0.481 e. The molecule has 0 heterocycles. The molecule has 17 heavy (non-hydrogen) atoms. The highest BCUT2D eigenvalue weighted by Gasteiger charge is 2.24. The normalized spacial score (nSPS) is 10.5. The van der Waals surface area contributed by atoms with Crippen molar-refractivity contribution in [3.05, 3.63) is 35.6 Å². The van der Waals surface area contributed by atoms with Crippen molar-refractivity contribution in [1.29, 1.82) is 0 Å². The van der Waals surface area contributed by atoms with Gasteiger partial charge >= 0.3 is 11.9 Å². The number of halogens is 1. The predicted molar refractivity (Wildman–Crippen MR) is 58.1 cm³/mol. The molecule has 2 N–H and O–H groups in total. The van der Waals surface area contributed by atoms with Crippen molar-refractivity contribution in [1.82, 2.24) is 0 Å². The first-order valence-corrected chi connectivity index (χ1v) is 5.21. The Morgan fingerprint density at radius 2 is 1.76 bits per heavy atom. The third kappa shape index (κ3) is 3.86. The maximum Gasteiger partial charge on any atom is 0.317 e. The molecule has 0 unspecified atom stereocenters. The van der Waals surface area contributed by atoms with Crippen molar-refractivity contribution in [2.45, 2.75) is 19.3 Å². The Bertz CT molecular complexity index is 403. The molecule has 0 saturated carbocycles. The summed E-state index contributed by atoms with van der Waals surface area (Å²) in [7, 11) is 0. The van der Waals surface area contributed by atoms with Crippen LogP contribution in [0.4, 0.5) is 4.39 Å². The van der Waals surface area contributed by atoms with Crippen LogP contribution < -0.4 is 0 Å². The quantitative estimate of drug-likeness (QED) is 0.745. The Kier molecular flexibility index (Phi) is 4.63. The second-order valence-electron chi connectivity index (χ2n) is 3.71. The van der Waals surface area contributed by atoms with Crippen molar-refractivity contribution in [3.8, 4) is 0 Å². The Labute approximate surface area is 97.7 Å². The summed E-state index contributed by atoms with van der Waals surface area (Å²) in [6, 6.07) is 6.17. The highest BCUT2D eigenvalue weighted by molar-refractivity contribution is 5.92. The van der Waals surface area contributed by atoms with Crippen LogP contribution in [-0.2, 0) is 16.0 Å². The van der Waals surface area contributed by atoms with Crippen LogP contribution in [0.3, 0.4) is 0 Å². The summed E-state index contributed by atoms with van der Waals surface area (Å²) in [5.41, 5.74) is 0.474. The molecule has 0 fully saturated rings. The number of hydrogen-bond acceptors (Lipinski definition) is 2. The van der Waals surface area contributed by atoms with Gasteiger partial charge in [-0.05, 0) is 30.9 Å². The SMILES string of the molecule is O=C(O)C(CCCc1ccccc1F)C(=O)O. The van der Waals surface area contributed by atoms with Crippen LogP contribution in [0.2, 0.25) is 0 Å². The summed E-state index contributed by atoms with van der Waals surface area (Å²) >= 11 is 0. The van der Waals surface area contributed by atoms with Gasteiger partial charge in [0.25, 0.3) is 0 Å². The van der Waals surface area contributed by atoms with E-state index in [0.717, 1.165) is 0 Å². The van der Waals surface area contributed by atoms with Crippen LogP contribution in [-0.4, -0.2) is 22.2 Å². The van der Waals surface area contributed by atoms with Crippen LogP contribution in [0.25, 0.3) is 0 Å². The molecule has 0 aliphatic heterocycles. The smallest absolute Gasteiger partial charge is 0.317 e. The molecule has 1 aromatic carbocycles. The standard InChI is InChI=1S/C12H13FO4/c13-10-7-2-1-4-8(10)5-3-6-9(11(14)15)12(16)17/h1-2,4,7,9H,3,5-6H2,(H,14,15)(H,16,17). The molecule has 0 bridgehead atoms. The number of hydrogen-bond donors (Lipinski definition) is 2. The highest BCUT2D eigenvalue weighted by Crippen LogP contribution is 2.14. The number of carboxylic acid groups (broad SMARTS) is 2. The van der Waals surface area contributed by atoms with Gasteiger partial charge in [-0.2, -0.15) is 0 Å². The van der Waals surface area contributed by atoms with E-state index in [1.807, 2.05) is 0 Å². The molecule has 0 radical (unpaired) electrons. The predicted octanol–water partition coefficient (Wildman–Crippen LogP) is 1.93. The summed E-state index contributed by atoms with van der Waals surface area (Å²) in [5, 5.41) is 17.3. The third-order valence-corrected chi connectivity index (χ3v) is 2.49. The molecule has 0 aromatic heterocycles. The average Bonchev–Trinajstić information content (AvgIpc) is 2.25. The first kappa shape index (κ1) is 13.2.